The van der Waals surface area contributed by atoms with E-state index in [1.807, 2.05) is 72.5 Å². The molecule has 0 atom stereocenters. The Labute approximate surface area is 139 Å². The van der Waals surface area contributed by atoms with Gasteiger partial charge in [-0.25, -0.2) is 0 Å². The van der Waals surface area contributed by atoms with Crippen molar-refractivity contribution in [2.45, 2.75) is 6.92 Å². The first-order valence-electron chi connectivity index (χ1n) is 7.22. The van der Waals surface area contributed by atoms with Crippen molar-refractivity contribution in [3.05, 3.63) is 65.9 Å². The summed E-state index contributed by atoms with van der Waals surface area (Å²) in [5.41, 5.74) is 1.84. The predicted octanol–water partition coefficient (Wildman–Crippen LogP) is 4.39. The van der Waals surface area contributed by atoms with Crippen LogP contribution in [0, 0.1) is 0 Å². The quantitative estimate of drug-likeness (QED) is 0.695. The number of anilines is 3. The van der Waals surface area contributed by atoms with Crippen LogP contribution in [0.3, 0.4) is 0 Å². The first-order chi connectivity index (χ1) is 11.3. The average Bonchev–Trinajstić information content (AvgIpc) is 2.57. The van der Waals surface area contributed by atoms with Gasteiger partial charge < -0.3 is 4.74 Å². The molecule has 6 heteroatoms. The summed E-state index contributed by atoms with van der Waals surface area (Å²) in [7, 11) is 0. The molecule has 3 aromatic rings. The number of aromatic nitrogens is 3. The van der Waals surface area contributed by atoms with Gasteiger partial charge in [-0.1, -0.05) is 36.4 Å². The molecular weight excluding hydrogens is 312 g/mol. The second kappa shape index (κ2) is 7.07. The predicted molar refractivity (Wildman–Crippen MR) is 90.7 cm³/mol. The van der Waals surface area contributed by atoms with Crippen molar-refractivity contribution in [2.75, 3.05) is 11.5 Å². The van der Waals surface area contributed by atoms with E-state index in [0.717, 1.165) is 11.4 Å². The monoisotopic (exact) mass is 326 g/mol. The fourth-order valence-corrected chi connectivity index (χ4v) is 2.30. The minimum atomic E-state index is 0.0929. The van der Waals surface area contributed by atoms with Gasteiger partial charge in [0.1, 0.15) is 0 Å². The summed E-state index contributed by atoms with van der Waals surface area (Å²) in [6.45, 7) is 2.32. The van der Waals surface area contributed by atoms with Gasteiger partial charge >= 0.3 is 6.01 Å². The molecule has 0 aliphatic rings. The third kappa shape index (κ3) is 3.57. The van der Waals surface area contributed by atoms with E-state index in [1.54, 1.807) is 0 Å². The molecule has 0 aliphatic heterocycles. The van der Waals surface area contributed by atoms with Gasteiger partial charge in [0, 0.05) is 11.4 Å². The van der Waals surface area contributed by atoms with E-state index in [9.17, 15) is 0 Å². The highest BCUT2D eigenvalue weighted by molar-refractivity contribution is 6.28. The van der Waals surface area contributed by atoms with Crippen LogP contribution in [0.5, 0.6) is 6.01 Å². The molecule has 1 aromatic heterocycles. The number of halogens is 1. The Morgan fingerprint density at radius 2 is 1.43 bits per heavy atom. The zero-order chi connectivity index (χ0) is 16.1. The van der Waals surface area contributed by atoms with Crippen LogP contribution >= 0.6 is 11.6 Å². The van der Waals surface area contributed by atoms with Gasteiger partial charge in [-0.05, 0) is 42.8 Å². The lowest BCUT2D eigenvalue weighted by Crippen LogP contribution is -2.14. The van der Waals surface area contributed by atoms with Crippen molar-refractivity contribution >= 4 is 28.9 Å². The standard InChI is InChI=1S/C17H15ClN4O/c1-2-23-17-20-15(18)19-16(21-17)22(13-9-5-3-6-10-13)14-11-7-4-8-12-14/h3-12H,2H2,1H3. The number of nitrogens with zero attached hydrogens (tertiary/aromatic N) is 4. The molecule has 0 aliphatic carbocycles. The Morgan fingerprint density at radius 3 is 1.96 bits per heavy atom. The van der Waals surface area contributed by atoms with E-state index in [0.29, 0.717) is 12.6 Å². The maximum absolute atomic E-state index is 6.04. The Kier molecular flexibility index (Phi) is 4.68. The third-order valence-corrected chi connectivity index (χ3v) is 3.25. The average molecular weight is 327 g/mol. The van der Waals surface area contributed by atoms with Crippen molar-refractivity contribution in [2.24, 2.45) is 0 Å². The lowest BCUT2D eigenvalue weighted by molar-refractivity contribution is 0.312. The molecule has 23 heavy (non-hydrogen) atoms. The van der Waals surface area contributed by atoms with Crippen LogP contribution in [0.25, 0.3) is 0 Å². The minimum Gasteiger partial charge on any atom is -0.464 e. The van der Waals surface area contributed by atoms with Crippen molar-refractivity contribution < 1.29 is 4.74 Å². The molecule has 0 fully saturated rings. The molecule has 0 saturated carbocycles. The lowest BCUT2D eigenvalue weighted by Gasteiger charge is -2.23. The maximum atomic E-state index is 6.04. The van der Waals surface area contributed by atoms with Gasteiger partial charge in [0.05, 0.1) is 6.61 Å². The zero-order valence-electron chi connectivity index (χ0n) is 12.6. The molecular formula is C17H15ClN4O. The molecule has 116 valence electrons. The largest absolute Gasteiger partial charge is 0.464 e. The summed E-state index contributed by atoms with van der Waals surface area (Å²) in [5, 5.41) is 0.0929. The second-order valence-corrected chi connectivity index (χ2v) is 4.96. The minimum absolute atomic E-state index is 0.0929. The molecule has 2 aromatic carbocycles. The van der Waals surface area contributed by atoms with Crippen molar-refractivity contribution in [1.29, 1.82) is 0 Å². The summed E-state index contributed by atoms with van der Waals surface area (Å²) < 4.78 is 5.38. The highest BCUT2D eigenvalue weighted by Crippen LogP contribution is 2.32. The van der Waals surface area contributed by atoms with E-state index in [1.165, 1.54) is 0 Å². The van der Waals surface area contributed by atoms with Crippen LogP contribution in [0.4, 0.5) is 17.3 Å². The molecule has 0 saturated heterocycles. The topological polar surface area (TPSA) is 51.1 Å². The molecule has 0 spiro atoms. The van der Waals surface area contributed by atoms with Gasteiger partial charge in [0.25, 0.3) is 0 Å². The molecule has 0 amide bonds. The molecule has 5 nitrogen and oxygen atoms in total. The highest BCUT2D eigenvalue weighted by Gasteiger charge is 2.17. The van der Waals surface area contributed by atoms with Crippen LogP contribution in [-0.4, -0.2) is 21.6 Å². The van der Waals surface area contributed by atoms with Gasteiger partial charge in [0.2, 0.25) is 11.2 Å². The molecule has 0 radical (unpaired) electrons. The summed E-state index contributed by atoms with van der Waals surface area (Å²) >= 11 is 6.04. The summed E-state index contributed by atoms with van der Waals surface area (Å²) in [4.78, 5) is 14.5. The van der Waals surface area contributed by atoms with Crippen molar-refractivity contribution in [3.8, 4) is 6.01 Å². The third-order valence-electron chi connectivity index (χ3n) is 3.08. The normalized spacial score (nSPS) is 10.3. The Bertz CT molecular complexity index is 729. The number of benzene rings is 2. The van der Waals surface area contributed by atoms with Gasteiger partial charge in [-0.15, -0.1) is 0 Å². The fourth-order valence-electron chi connectivity index (χ4n) is 2.15. The number of hydrogen-bond acceptors (Lipinski definition) is 5. The number of ether oxygens (including phenoxy) is 1. The summed E-state index contributed by atoms with van der Waals surface area (Å²) in [6, 6.07) is 19.9. The van der Waals surface area contributed by atoms with Crippen LogP contribution in [-0.2, 0) is 0 Å². The zero-order valence-corrected chi connectivity index (χ0v) is 13.3. The fraction of sp³-hybridized carbons (Fsp3) is 0.118. The molecule has 0 N–H and O–H groups in total. The Hall–Kier alpha value is -2.66. The van der Waals surface area contributed by atoms with Gasteiger partial charge in [-0.2, -0.15) is 15.0 Å². The van der Waals surface area contributed by atoms with Crippen molar-refractivity contribution in [3.63, 3.8) is 0 Å². The maximum Gasteiger partial charge on any atom is 0.322 e. The van der Waals surface area contributed by atoms with Gasteiger partial charge in [0.15, 0.2) is 0 Å². The van der Waals surface area contributed by atoms with E-state index < -0.39 is 0 Å². The lowest BCUT2D eigenvalue weighted by atomic mass is 10.2. The highest BCUT2D eigenvalue weighted by atomic mass is 35.5. The molecule has 1 heterocycles. The smallest absolute Gasteiger partial charge is 0.322 e. The van der Waals surface area contributed by atoms with Crippen molar-refractivity contribution in [1.82, 2.24) is 15.0 Å². The number of hydrogen-bond donors (Lipinski definition) is 0. The van der Waals surface area contributed by atoms with E-state index >= 15 is 0 Å². The molecule has 3 rings (SSSR count). The van der Waals surface area contributed by atoms with E-state index in [4.69, 9.17) is 16.3 Å². The second-order valence-electron chi connectivity index (χ2n) is 4.63. The first-order valence-corrected chi connectivity index (χ1v) is 7.60. The Morgan fingerprint density at radius 1 is 0.870 bits per heavy atom. The van der Waals surface area contributed by atoms with E-state index in [-0.39, 0.29) is 11.3 Å². The molecule has 0 unspecified atom stereocenters. The van der Waals surface area contributed by atoms with E-state index in [2.05, 4.69) is 15.0 Å². The van der Waals surface area contributed by atoms with Crippen LogP contribution in [0.15, 0.2) is 60.7 Å². The summed E-state index contributed by atoms with van der Waals surface area (Å²) in [6.07, 6.45) is 0. The number of para-hydroxylation sites is 2. The first kappa shape index (κ1) is 15.2. The van der Waals surface area contributed by atoms with Gasteiger partial charge in [-0.3, -0.25) is 4.90 Å². The van der Waals surface area contributed by atoms with Crippen LogP contribution in [0.1, 0.15) is 6.92 Å². The Balaban J connectivity index is 2.13. The van der Waals surface area contributed by atoms with Crippen LogP contribution < -0.4 is 9.64 Å². The SMILES string of the molecule is CCOc1nc(Cl)nc(N(c2ccccc2)c2ccccc2)n1. The van der Waals surface area contributed by atoms with Crippen LogP contribution in [0.2, 0.25) is 5.28 Å². The molecule has 0 bridgehead atoms. The number of rotatable bonds is 5. The summed E-state index contributed by atoms with van der Waals surface area (Å²) in [5.74, 6) is 0.408.